The van der Waals surface area contributed by atoms with Gasteiger partial charge in [-0.2, -0.15) is 0 Å². The van der Waals surface area contributed by atoms with Crippen molar-refractivity contribution in [3.8, 4) is 0 Å². The maximum absolute atomic E-state index is 9.39. The quantitative estimate of drug-likeness (QED) is 0.520. The predicted molar refractivity (Wildman–Crippen MR) is 50.4 cm³/mol. The van der Waals surface area contributed by atoms with Crippen LogP contribution in [0.15, 0.2) is 18.2 Å². The number of nitrogen functional groups attached to an aromatic ring is 1. The van der Waals surface area contributed by atoms with Crippen molar-refractivity contribution in [3.63, 3.8) is 0 Å². The number of aryl methyl sites for hydroxylation is 1. The predicted octanol–water partition coefficient (Wildman–Crippen LogP) is 1.79. The fraction of sp³-hybridized carbons (Fsp3) is 0.333. The Morgan fingerprint density at radius 2 is 2.17 bits per heavy atom. The molecule has 1 rings (SSSR count). The molecule has 0 aromatic heterocycles. The molecule has 0 atom stereocenters. The van der Waals surface area contributed by atoms with E-state index in [0.29, 0.717) is 6.54 Å². The van der Waals surface area contributed by atoms with Crippen LogP contribution in [0.3, 0.4) is 0 Å². The van der Waals surface area contributed by atoms with Crippen LogP contribution in [0, 0.1) is 6.92 Å². The molecule has 0 heterocycles. The van der Waals surface area contributed by atoms with Crippen LogP contribution < -0.4 is 10.8 Å². The van der Waals surface area contributed by atoms with Gasteiger partial charge in [0.2, 0.25) is 0 Å². The van der Waals surface area contributed by atoms with Gasteiger partial charge in [0.15, 0.2) is 0 Å². The summed E-state index contributed by atoms with van der Waals surface area (Å²) in [5.74, 6) is 0. The fourth-order valence-electron chi connectivity index (χ4n) is 1.14. The third-order valence-corrected chi connectivity index (χ3v) is 1.80. The average Bonchev–Trinajstić information content (AvgIpc) is 2.03. The Hall–Kier alpha value is -1.22. The van der Waals surface area contributed by atoms with E-state index in [9.17, 15) is 5.21 Å². The SMILES string of the molecule is CCN(O)c1ccc(N)cc1C. The summed E-state index contributed by atoms with van der Waals surface area (Å²) in [6.07, 6.45) is 0. The minimum absolute atomic E-state index is 0.574. The molecule has 0 bridgehead atoms. The van der Waals surface area contributed by atoms with Crippen molar-refractivity contribution in [1.82, 2.24) is 0 Å². The summed E-state index contributed by atoms with van der Waals surface area (Å²) in [5.41, 5.74) is 8.09. The molecule has 1 aromatic carbocycles. The maximum atomic E-state index is 9.39. The third-order valence-electron chi connectivity index (χ3n) is 1.80. The smallest absolute Gasteiger partial charge is 0.0664 e. The fourth-order valence-corrected chi connectivity index (χ4v) is 1.14. The van der Waals surface area contributed by atoms with Crippen LogP contribution in [0.25, 0.3) is 0 Å². The average molecular weight is 166 g/mol. The van der Waals surface area contributed by atoms with E-state index in [1.54, 1.807) is 6.07 Å². The summed E-state index contributed by atoms with van der Waals surface area (Å²) < 4.78 is 0. The van der Waals surface area contributed by atoms with Crippen molar-refractivity contribution >= 4 is 11.4 Å². The minimum Gasteiger partial charge on any atom is -0.399 e. The topological polar surface area (TPSA) is 49.5 Å². The Bertz CT molecular complexity index is 273. The minimum atomic E-state index is 0.574. The highest BCUT2D eigenvalue weighted by molar-refractivity contribution is 5.57. The summed E-state index contributed by atoms with van der Waals surface area (Å²) in [6, 6.07) is 5.43. The van der Waals surface area contributed by atoms with Gasteiger partial charge in [0.25, 0.3) is 0 Å². The lowest BCUT2D eigenvalue weighted by Gasteiger charge is -2.16. The number of hydrogen-bond acceptors (Lipinski definition) is 3. The Morgan fingerprint density at radius 1 is 1.50 bits per heavy atom. The van der Waals surface area contributed by atoms with Crippen LogP contribution in [0.2, 0.25) is 0 Å². The summed E-state index contributed by atoms with van der Waals surface area (Å²) in [7, 11) is 0. The first-order chi connectivity index (χ1) is 5.65. The molecule has 0 unspecified atom stereocenters. The maximum Gasteiger partial charge on any atom is 0.0664 e. The number of nitrogens with two attached hydrogens (primary N) is 1. The molecule has 3 nitrogen and oxygen atoms in total. The van der Waals surface area contributed by atoms with E-state index in [2.05, 4.69) is 0 Å². The van der Waals surface area contributed by atoms with E-state index in [4.69, 9.17) is 5.73 Å². The van der Waals surface area contributed by atoms with E-state index >= 15 is 0 Å². The first-order valence-corrected chi connectivity index (χ1v) is 3.97. The number of nitrogens with zero attached hydrogens (tertiary/aromatic N) is 1. The molecule has 66 valence electrons. The van der Waals surface area contributed by atoms with Gasteiger partial charge < -0.3 is 5.73 Å². The number of anilines is 2. The molecule has 0 radical (unpaired) electrons. The van der Waals surface area contributed by atoms with Crippen molar-refractivity contribution in [1.29, 1.82) is 0 Å². The van der Waals surface area contributed by atoms with Gasteiger partial charge in [-0.05, 0) is 37.6 Å². The van der Waals surface area contributed by atoms with Crippen LogP contribution in [-0.4, -0.2) is 11.8 Å². The van der Waals surface area contributed by atoms with Gasteiger partial charge in [0.05, 0.1) is 5.69 Å². The number of rotatable bonds is 2. The van der Waals surface area contributed by atoms with Crippen LogP contribution in [-0.2, 0) is 0 Å². The molecule has 0 saturated carbocycles. The van der Waals surface area contributed by atoms with Crippen LogP contribution in [0.1, 0.15) is 12.5 Å². The lowest BCUT2D eigenvalue weighted by atomic mass is 10.2. The number of hydrogen-bond donors (Lipinski definition) is 2. The Kier molecular flexibility index (Phi) is 2.55. The highest BCUT2D eigenvalue weighted by Gasteiger charge is 2.03. The molecule has 0 aliphatic heterocycles. The van der Waals surface area contributed by atoms with Crippen molar-refractivity contribution in [3.05, 3.63) is 23.8 Å². The molecule has 3 N–H and O–H groups in total. The van der Waals surface area contributed by atoms with E-state index in [-0.39, 0.29) is 0 Å². The van der Waals surface area contributed by atoms with E-state index in [1.165, 1.54) is 5.06 Å². The van der Waals surface area contributed by atoms with Crippen molar-refractivity contribution in [2.45, 2.75) is 13.8 Å². The summed E-state index contributed by atoms with van der Waals surface area (Å²) in [6.45, 7) is 4.38. The molecule has 12 heavy (non-hydrogen) atoms. The van der Waals surface area contributed by atoms with Gasteiger partial charge in [-0.3, -0.25) is 10.3 Å². The van der Waals surface area contributed by atoms with Gasteiger partial charge in [0.1, 0.15) is 0 Å². The van der Waals surface area contributed by atoms with E-state index in [1.807, 2.05) is 26.0 Å². The molecule has 0 spiro atoms. The molecule has 0 aliphatic carbocycles. The van der Waals surface area contributed by atoms with Gasteiger partial charge in [-0.15, -0.1) is 0 Å². The second-order valence-electron chi connectivity index (χ2n) is 2.76. The zero-order chi connectivity index (χ0) is 9.14. The monoisotopic (exact) mass is 166 g/mol. The molecule has 3 heteroatoms. The first kappa shape index (κ1) is 8.87. The Balaban J connectivity index is 3.01. The van der Waals surface area contributed by atoms with Crippen molar-refractivity contribution in [2.75, 3.05) is 17.3 Å². The zero-order valence-corrected chi connectivity index (χ0v) is 7.41. The molecular formula is C9H14N2O. The lowest BCUT2D eigenvalue weighted by molar-refractivity contribution is 0.259. The van der Waals surface area contributed by atoms with Crippen LogP contribution in [0.4, 0.5) is 11.4 Å². The molecule has 0 saturated heterocycles. The standard InChI is InChI=1S/C9H14N2O/c1-3-11(12)9-5-4-8(10)6-7(9)2/h4-6,12H,3,10H2,1-2H3. The van der Waals surface area contributed by atoms with Gasteiger partial charge in [-0.1, -0.05) is 0 Å². The molecule has 1 aromatic rings. The van der Waals surface area contributed by atoms with E-state index in [0.717, 1.165) is 16.9 Å². The lowest BCUT2D eigenvalue weighted by Crippen LogP contribution is -2.17. The van der Waals surface area contributed by atoms with Crippen LogP contribution >= 0.6 is 0 Å². The van der Waals surface area contributed by atoms with Crippen molar-refractivity contribution < 1.29 is 5.21 Å². The molecule has 0 amide bonds. The molecule has 0 aliphatic rings. The first-order valence-electron chi connectivity index (χ1n) is 3.97. The largest absolute Gasteiger partial charge is 0.399 e. The summed E-state index contributed by atoms with van der Waals surface area (Å²) in [5, 5.41) is 10.6. The second kappa shape index (κ2) is 3.45. The van der Waals surface area contributed by atoms with Gasteiger partial charge in [0, 0.05) is 12.2 Å². The Morgan fingerprint density at radius 3 is 2.67 bits per heavy atom. The van der Waals surface area contributed by atoms with E-state index < -0.39 is 0 Å². The van der Waals surface area contributed by atoms with Gasteiger partial charge >= 0.3 is 0 Å². The van der Waals surface area contributed by atoms with Crippen LogP contribution in [0.5, 0.6) is 0 Å². The summed E-state index contributed by atoms with van der Waals surface area (Å²) >= 11 is 0. The van der Waals surface area contributed by atoms with Crippen molar-refractivity contribution in [2.24, 2.45) is 0 Å². The summed E-state index contributed by atoms with van der Waals surface area (Å²) in [4.78, 5) is 0. The number of benzene rings is 1. The second-order valence-corrected chi connectivity index (χ2v) is 2.76. The third kappa shape index (κ3) is 1.68. The normalized spacial score (nSPS) is 9.92. The Labute approximate surface area is 72.4 Å². The zero-order valence-electron chi connectivity index (χ0n) is 7.41. The highest BCUT2D eigenvalue weighted by atomic mass is 16.5. The molecule has 0 fully saturated rings. The van der Waals surface area contributed by atoms with Gasteiger partial charge in [-0.25, -0.2) is 0 Å². The molecular weight excluding hydrogens is 152 g/mol. The highest BCUT2D eigenvalue weighted by Crippen LogP contribution is 2.20. The number of hydroxylamine groups is 1.